The van der Waals surface area contributed by atoms with Gasteiger partial charge >= 0.3 is 27.3 Å². The summed E-state index contributed by atoms with van der Waals surface area (Å²) in [6.07, 6.45) is -4.16. The molecule has 1 saturated heterocycles. The molecule has 0 amide bonds. The second kappa shape index (κ2) is 7.61. The molecule has 0 aromatic heterocycles. The van der Waals surface area contributed by atoms with E-state index < -0.39 is 38.3 Å². The van der Waals surface area contributed by atoms with Crippen molar-refractivity contribution in [2.45, 2.75) is 53.0 Å². The van der Waals surface area contributed by atoms with E-state index in [4.69, 9.17) is 9.29 Å². The first-order valence-electron chi connectivity index (χ1n) is 10.1. The zero-order chi connectivity index (χ0) is 23.8. The highest BCUT2D eigenvalue weighted by Crippen LogP contribution is 2.70. The van der Waals surface area contributed by atoms with Crippen LogP contribution in [0.5, 0.6) is 0 Å². The number of hydrogen-bond acceptors (Lipinski definition) is 8. The lowest BCUT2D eigenvalue weighted by molar-refractivity contribution is -0.233. The lowest BCUT2D eigenvalue weighted by Gasteiger charge is -2.65. The van der Waals surface area contributed by atoms with Crippen LogP contribution in [0.4, 0.5) is 17.6 Å². The van der Waals surface area contributed by atoms with Crippen LogP contribution in [0.1, 0.15) is 32.1 Å². The fraction of sp³-hybridized carbons (Fsp3) is 0.944. The van der Waals surface area contributed by atoms with Crippen LogP contribution in [-0.2, 0) is 19.6 Å². The Morgan fingerprint density at radius 1 is 1.00 bits per heavy atom. The molecule has 0 radical (unpaired) electrons. The van der Waals surface area contributed by atoms with Crippen molar-refractivity contribution in [2.24, 2.45) is 23.2 Å². The van der Waals surface area contributed by atoms with Crippen molar-refractivity contribution in [2.75, 3.05) is 24.7 Å². The van der Waals surface area contributed by atoms with E-state index in [-0.39, 0.29) is 54.3 Å². The number of rotatable bonds is 5. The smallest absolute Gasteiger partial charge is 0.451 e. The number of aliphatic hydroxyl groups is 2. The van der Waals surface area contributed by atoms with Gasteiger partial charge in [0.05, 0.1) is 17.3 Å². The van der Waals surface area contributed by atoms with Gasteiger partial charge in [-0.2, -0.15) is 21.6 Å². The maximum absolute atomic E-state index is 14.5. The summed E-state index contributed by atoms with van der Waals surface area (Å²) in [5.41, 5.74) is -2.05. The fourth-order valence-corrected chi connectivity index (χ4v) is 10.6. The molecule has 0 aromatic rings. The lowest BCUT2D eigenvalue weighted by Crippen LogP contribution is -2.65. The van der Waals surface area contributed by atoms with Gasteiger partial charge in [0.25, 0.3) is 0 Å². The monoisotopic (exact) mass is 524 g/mol. The first-order chi connectivity index (χ1) is 14.7. The zero-order valence-electron chi connectivity index (χ0n) is 16.8. The molecule has 1 heterocycles. The minimum absolute atomic E-state index is 0.0418. The Bertz CT molecular complexity index is 863. The fourth-order valence-electron chi connectivity index (χ4n) is 5.93. The zero-order valence-corrected chi connectivity index (χ0v) is 19.3. The number of carbonyl (C=O) groups is 1. The lowest BCUT2D eigenvalue weighted by atomic mass is 9.53. The van der Waals surface area contributed by atoms with Crippen LogP contribution >= 0.6 is 23.5 Å². The number of carbonyl (C=O) groups excluding carboxylic acids is 1. The second-order valence-electron chi connectivity index (χ2n) is 9.60. The molecule has 5 fully saturated rings. The molecular formula is C18H24F4O7S3. The molecule has 14 heteroatoms. The molecule has 4 saturated carbocycles. The summed E-state index contributed by atoms with van der Waals surface area (Å²) in [6.45, 7) is -0.352. The van der Waals surface area contributed by atoms with Gasteiger partial charge in [0, 0.05) is 16.9 Å². The molecular weight excluding hydrogens is 500 g/mol. The molecule has 3 unspecified atom stereocenters. The van der Waals surface area contributed by atoms with Crippen LogP contribution in [0.25, 0.3) is 0 Å². The third-order valence-electron chi connectivity index (χ3n) is 7.44. The van der Waals surface area contributed by atoms with Gasteiger partial charge in [-0.15, -0.1) is 23.5 Å². The van der Waals surface area contributed by atoms with Crippen LogP contribution in [0.2, 0.25) is 0 Å². The molecule has 3 atom stereocenters. The summed E-state index contributed by atoms with van der Waals surface area (Å²) in [4.78, 5) is 12.3. The molecule has 3 N–H and O–H groups in total. The number of esters is 1. The van der Waals surface area contributed by atoms with E-state index >= 15 is 0 Å². The van der Waals surface area contributed by atoms with Crippen molar-refractivity contribution in [3.63, 3.8) is 0 Å². The summed E-state index contributed by atoms with van der Waals surface area (Å²) in [5, 5.41) is 13.8. The molecule has 1 spiro atoms. The molecule has 7 nitrogen and oxygen atoms in total. The van der Waals surface area contributed by atoms with Crippen molar-refractivity contribution in [3.05, 3.63) is 0 Å². The van der Waals surface area contributed by atoms with Crippen LogP contribution in [0, 0.1) is 23.2 Å². The Labute approximate surface area is 190 Å². The number of ether oxygens (including phenoxy) is 1. The topological polar surface area (TPSA) is 121 Å². The quantitative estimate of drug-likeness (QED) is 0.283. The van der Waals surface area contributed by atoms with Crippen molar-refractivity contribution in [3.8, 4) is 0 Å². The SMILES string of the molecule is O=C(OC12CC3CC(C1)C1(SCC(CO)(CO)CS1)C(C3)C2)C(F)(C(F)(F)F)S(=O)(=O)O. The molecule has 4 aliphatic carbocycles. The molecule has 4 bridgehead atoms. The van der Waals surface area contributed by atoms with Crippen molar-refractivity contribution in [1.29, 1.82) is 0 Å². The van der Waals surface area contributed by atoms with E-state index in [2.05, 4.69) is 0 Å². The molecule has 32 heavy (non-hydrogen) atoms. The summed E-state index contributed by atoms with van der Waals surface area (Å²) in [6, 6.07) is 0. The van der Waals surface area contributed by atoms with Gasteiger partial charge in [0.1, 0.15) is 5.60 Å². The van der Waals surface area contributed by atoms with E-state index in [0.29, 0.717) is 11.5 Å². The molecule has 5 rings (SSSR count). The maximum atomic E-state index is 14.5. The summed E-state index contributed by atoms with van der Waals surface area (Å²) < 4.78 is 90.0. The Morgan fingerprint density at radius 2 is 1.50 bits per heavy atom. The number of halogens is 4. The van der Waals surface area contributed by atoms with Crippen LogP contribution in [0.15, 0.2) is 0 Å². The van der Waals surface area contributed by atoms with Gasteiger partial charge in [-0.05, 0) is 49.9 Å². The Hall–Kier alpha value is -0.280. The third-order valence-corrected chi connectivity index (χ3v) is 13.0. The van der Waals surface area contributed by atoms with Gasteiger partial charge in [-0.25, -0.2) is 9.18 Å². The number of aliphatic hydroxyl groups excluding tert-OH is 2. The van der Waals surface area contributed by atoms with Gasteiger partial charge in [-0.1, -0.05) is 0 Å². The summed E-state index contributed by atoms with van der Waals surface area (Å²) >= 11 is 3.20. The Kier molecular flexibility index (Phi) is 5.90. The van der Waals surface area contributed by atoms with E-state index in [9.17, 15) is 41.0 Å². The highest BCUT2D eigenvalue weighted by Gasteiger charge is 2.74. The Balaban J connectivity index is 1.58. The molecule has 5 aliphatic rings. The number of thioether (sulfide) groups is 2. The van der Waals surface area contributed by atoms with Crippen LogP contribution in [0.3, 0.4) is 0 Å². The normalized spacial score (nSPS) is 37.3. The highest BCUT2D eigenvalue weighted by molar-refractivity contribution is 8.18. The Morgan fingerprint density at radius 3 is 1.91 bits per heavy atom. The number of alkyl halides is 4. The third kappa shape index (κ3) is 3.50. The first kappa shape index (κ1) is 24.8. The van der Waals surface area contributed by atoms with Crippen molar-refractivity contribution < 1.29 is 50.3 Å². The molecule has 184 valence electrons. The molecule has 0 aromatic carbocycles. The van der Waals surface area contributed by atoms with Crippen LogP contribution < -0.4 is 0 Å². The van der Waals surface area contributed by atoms with Gasteiger partial charge in [0.15, 0.2) is 0 Å². The predicted octanol–water partition coefficient (Wildman–Crippen LogP) is 2.37. The number of hydrogen-bond donors (Lipinski definition) is 3. The minimum atomic E-state index is -6.47. The average Bonchev–Trinajstić information content (AvgIpc) is 2.69. The highest BCUT2D eigenvalue weighted by atomic mass is 32.2. The maximum Gasteiger partial charge on any atom is 0.451 e. The van der Waals surface area contributed by atoms with E-state index in [1.54, 1.807) is 23.5 Å². The van der Waals surface area contributed by atoms with Crippen molar-refractivity contribution >= 4 is 39.6 Å². The summed E-state index contributed by atoms with van der Waals surface area (Å²) in [5.74, 6) is -1.74. The second-order valence-corrected chi connectivity index (χ2v) is 13.9. The van der Waals surface area contributed by atoms with Gasteiger partial charge < -0.3 is 14.9 Å². The summed E-state index contributed by atoms with van der Waals surface area (Å²) in [7, 11) is -6.47. The van der Waals surface area contributed by atoms with Gasteiger partial charge in [0.2, 0.25) is 0 Å². The minimum Gasteiger partial charge on any atom is -0.456 e. The first-order valence-corrected chi connectivity index (χ1v) is 13.5. The molecule has 1 aliphatic heterocycles. The van der Waals surface area contributed by atoms with E-state index in [1.807, 2.05) is 0 Å². The van der Waals surface area contributed by atoms with E-state index in [0.717, 1.165) is 12.8 Å². The predicted molar refractivity (Wildman–Crippen MR) is 108 cm³/mol. The van der Waals surface area contributed by atoms with Crippen molar-refractivity contribution in [1.82, 2.24) is 0 Å². The van der Waals surface area contributed by atoms with Gasteiger partial charge in [-0.3, -0.25) is 4.55 Å². The largest absolute Gasteiger partial charge is 0.456 e. The standard InChI is InChI=1S/C18H24F4O7S3/c19-17(18(20,21)22,32(26,27)28)13(25)29-15-3-10-1-11(4-15)16(12(2-10)5-15)30-8-14(6-23,7-24)9-31-16/h10-12,23-24H,1-9H2,(H,26,27,28). The average molecular weight is 525 g/mol. The van der Waals surface area contributed by atoms with Crippen LogP contribution in [-0.4, -0.2) is 74.7 Å². The van der Waals surface area contributed by atoms with E-state index in [1.165, 1.54) is 0 Å².